The number of hydrogen-bond acceptors (Lipinski definition) is 2. The van der Waals surface area contributed by atoms with Crippen LogP contribution in [0.15, 0.2) is 0 Å². The van der Waals surface area contributed by atoms with Crippen LogP contribution >= 0.6 is 0 Å². The maximum Gasteiger partial charge on any atom is 0.303 e. The van der Waals surface area contributed by atoms with Crippen LogP contribution < -0.4 is 5.32 Å². The Morgan fingerprint density at radius 1 is 1.00 bits per heavy atom. The monoisotopic (exact) mass is 255 g/mol. The molecule has 0 unspecified atom stereocenters. The summed E-state index contributed by atoms with van der Waals surface area (Å²) in [5.74, 6) is -0.404. The van der Waals surface area contributed by atoms with Gasteiger partial charge in [0, 0.05) is 18.9 Å². The molecule has 0 aromatic heterocycles. The van der Waals surface area contributed by atoms with Crippen molar-refractivity contribution in [3.63, 3.8) is 0 Å². The molecule has 0 atom stereocenters. The number of hydrogen-bond donors (Lipinski definition) is 2. The number of rotatable bonds is 6. The van der Waals surface area contributed by atoms with E-state index in [1.54, 1.807) is 0 Å². The molecular formula is C14H25NO3. The third-order valence-corrected chi connectivity index (χ3v) is 3.59. The Balaban J connectivity index is 2.12. The van der Waals surface area contributed by atoms with Crippen LogP contribution in [-0.2, 0) is 9.59 Å². The standard InChI is InChI=1S/C14H25NO3/c16-13(17)10-6-7-11-15-14(18)12-8-4-2-1-3-5-9-12/h12H,1-11H2,(H,15,18)(H,16,17). The first-order valence-corrected chi connectivity index (χ1v) is 7.19. The van der Waals surface area contributed by atoms with Crippen molar-refractivity contribution in [1.29, 1.82) is 0 Å². The van der Waals surface area contributed by atoms with Gasteiger partial charge in [0.25, 0.3) is 0 Å². The molecule has 1 amide bonds. The average molecular weight is 255 g/mol. The summed E-state index contributed by atoms with van der Waals surface area (Å²) < 4.78 is 0. The molecule has 0 aromatic rings. The van der Waals surface area contributed by atoms with Crippen LogP contribution in [0.5, 0.6) is 0 Å². The summed E-state index contributed by atoms with van der Waals surface area (Å²) in [6, 6.07) is 0. The van der Waals surface area contributed by atoms with E-state index < -0.39 is 5.97 Å². The molecule has 1 aliphatic rings. The predicted octanol–water partition coefficient (Wildman–Crippen LogP) is 2.72. The smallest absolute Gasteiger partial charge is 0.303 e. The van der Waals surface area contributed by atoms with Crippen LogP contribution in [0.25, 0.3) is 0 Å². The highest BCUT2D eigenvalue weighted by Gasteiger charge is 2.18. The number of carbonyl (C=O) groups excluding carboxylic acids is 1. The largest absolute Gasteiger partial charge is 0.481 e. The van der Waals surface area contributed by atoms with Gasteiger partial charge in [-0.05, 0) is 25.7 Å². The van der Waals surface area contributed by atoms with E-state index in [9.17, 15) is 9.59 Å². The molecule has 0 saturated heterocycles. The van der Waals surface area contributed by atoms with Crippen LogP contribution in [0.1, 0.15) is 64.2 Å². The van der Waals surface area contributed by atoms with E-state index in [0.29, 0.717) is 13.0 Å². The first-order valence-electron chi connectivity index (χ1n) is 7.19. The Bertz CT molecular complexity index is 258. The molecule has 1 saturated carbocycles. The molecule has 1 rings (SSSR count). The second kappa shape index (κ2) is 8.95. The van der Waals surface area contributed by atoms with Gasteiger partial charge in [-0.1, -0.05) is 32.1 Å². The van der Waals surface area contributed by atoms with Crippen molar-refractivity contribution in [2.75, 3.05) is 6.54 Å². The van der Waals surface area contributed by atoms with Gasteiger partial charge in [0.1, 0.15) is 0 Å². The van der Waals surface area contributed by atoms with Crippen molar-refractivity contribution >= 4 is 11.9 Å². The van der Waals surface area contributed by atoms with Crippen LogP contribution in [0.4, 0.5) is 0 Å². The number of nitrogens with one attached hydrogen (secondary N) is 1. The van der Waals surface area contributed by atoms with Crippen molar-refractivity contribution in [2.45, 2.75) is 64.2 Å². The van der Waals surface area contributed by atoms with Gasteiger partial charge in [-0.25, -0.2) is 0 Å². The summed E-state index contributed by atoms with van der Waals surface area (Å²) in [5, 5.41) is 11.4. The van der Waals surface area contributed by atoms with Crippen molar-refractivity contribution in [1.82, 2.24) is 5.32 Å². The molecule has 104 valence electrons. The number of unbranched alkanes of at least 4 members (excludes halogenated alkanes) is 1. The molecule has 0 aliphatic heterocycles. The molecule has 4 nitrogen and oxygen atoms in total. The molecule has 2 N–H and O–H groups in total. The fourth-order valence-corrected chi connectivity index (χ4v) is 2.48. The first kappa shape index (κ1) is 15.0. The topological polar surface area (TPSA) is 66.4 Å². The predicted molar refractivity (Wildman–Crippen MR) is 70.3 cm³/mol. The van der Waals surface area contributed by atoms with Crippen molar-refractivity contribution in [3.05, 3.63) is 0 Å². The normalized spacial score (nSPS) is 17.8. The van der Waals surface area contributed by atoms with Gasteiger partial charge in [0.05, 0.1) is 0 Å². The molecule has 1 fully saturated rings. The molecule has 0 aromatic carbocycles. The quantitative estimate of drug-likeness (QED) is 0.717. The summed E-state index contributed by atoms with van der Waals surface area (Å²) in [7, 11) is 0. The van der Waals surface area contributed by atoms with E-state index in [1.165, 1.54) is 19.3 Å². The van der Waals surface area contributed by atoms with Crippen LogP contribution in [0.2, 0.25) is 0 Å². The van der Waals surface area contributed by atoms with Gasteiger partial charge < -0.3 is 10.4 Å². The van der Waals surface area contributed by atoms with E-state index in [4.69, 9.17) is 5.11 Å². The number of carboxylic acid groups (broad SMARTS) is 1. The van der Waals surface area contributed by atoms with Crippen molar-refractivity contribution < 1.29 is 14.7 Å². The summed E-state index contributed by atoms with van der Waals surface area (Å²) in [4.78, 5) is 22.3. The zero-order valence-corrected chi connectivity index (χ0v) is 11.1. The Morgan fingerprint density at radius 3 is 2.22 bits per heavy atom. The van der Waals surface area contributed by atoms with Gasteiger partial charge in [-0.2, -0.15) is 0 Å². The Labute approximate surface area is 109 Å². The summed E-state index contributed by atoms with van der Waals surface area (Å²) >= 11 is 0. The van der Waals surface area contributed by atoms with Gasteiger partial charge in [-0.3, -0.25) is 9.59 Å². The minimum atomic E-state index is -0.763. The van der Waals surface area contributed by atoms with Crippen molar-refractivity contribution in [2.24, 2.45) is 5.92 Å². The summed E-state index contributed by atoms with van der Waals surface area (Å²) in [6.45, 7) is 0.614. The molecule has 1 aliphatic carbocycles. The lowest BCUT2D eigenvalue weighted by Crippen LogP contribution is -2.31. The lowest BCUT2D eigenvalue weighted by molar-refractivity contribution is -0.137. The van der Waals surface area contributed by atoms with E-state index in [2.05, 4.69) is 5.32 Å². The van der Waals surface area contributed by atoms with E-state index in [1.807, 2.05) is 0 Å². The third-order valence-electron chi connectivity index (χ3n) is 3.59. The Morgan fingerprint density at radius 2 is 1.61 bits per heavy atom. The number of amides is 1. The Kier molecular flexibility index (Phi) is 7.46. The lowest BCUT2D eigenvalue weighted by Gasteiger charge is -2.19. The third kappa shape index (κ3) is 6.62. The van der Waals surface area contributed by atoms with E-state index >= 15 is 0 Å². The van der Waals surface area contributed by atoms with E-state index in [0.717, 1.165) is 32.1 Å². The Hall–Kier alpha value is -1.06. The number of carbonyl (C=O) groups is 2. The van der Waals surface area contributed by atoms with Gasteiger partial charge in [-0.15, -0.1) is 0 Å². The highest BCUT2D eigenvalue weighted by molar-refractivity contribution is 5.78. The summed E-state index contributed by atoms with van der Waals surface area (Å²) in [6.07, 6.45) is 9.76. The van der Waals surface area contributed by atoms with E-state index in [-0.39, 0.29) is 18.2 Å². The number of carboxylic acids is 1. The molecule has 0 heterocycles. The molecule has 0 bridgehead atoms. The highest BCUT2D eigenvalue weighted by atomic mass is 16.4. The fraction of sp³-hybridized carbons (Fsp3) is 0.857. The van der Waals surface area contributed by atoms with Crippen LogP contribution in [0, 0.1) is 5.92 Å². The average Bonchev–Trinajstić information content (AvgIpc) is 2.27. The zero-order chi connectivity index (χ0) is 13.2. The maximum atomic E-state index is 11.9. The second-order valence-corrected chi connectivity index (χ2v) is 5.18. The maximum absolute atomic E-state index is 11.9. The molecule has 18 heavy (non-hydrogen) atoms. The van der Waals surface area contributed by atoms with Crippen LogP contribution in [-0.4, -0.2) is 23.5 Å². The fourth-order valence-electron chi connectivity index (χ4n) is 2.48. The van der Waals surface area contributed by atoms with Gasteiger partial charge in [0.15, 0.2) is 0 Å². The molecule has 0 spiro atoms. The molecule has 4 heteroatoms. The zero-order valence-electron chi connectivity index (χ0n) is 11.1. The van der Waals surface area contributed by atoms with Gasteiger partial charge in [0.2, 0.25) is 5.91 Å². The SMILES string of the molecule is O=C(O)CCCCNC(=O)C1CCCCCCC1. The van der Waals surface area contributed by atoms with Crippen molar-refractivity contribution in [3.8, 4) is 0 Å². The summed E-state index contributed by atoms with van der Waals surface area (Å²) in [5.41, 5.74) is 0. The second-order valence-electron chi connectivity index (χ2n) is 5.18. The first-order chi connectivity index (χ1) is 8.70. The highest BCUT2D eigenvalue weighted by Crippen LogP contribution is 2.22. The van der Waals surface area contributed by atoms with Gasteiger partial charge >= 0.3 is 5.97 Å². The number of aliphatic carboxylic acids is 1. The lowest BCUT2D eigenvalue weighted by atomic mass is 9.90. The molecule has 0 radical (unpaired) electrons. The minimum Gasteiger partial charge on any atom is -0.481 e. The van der Waals surface area contributed by atoms with Crippen LogP contribution in [0.3, 0.4) is 0 Å². The minimum absolute atomic E-state index is 0.173. The molecular weight excluding hydrogens is 230 g/mol.